The maximum absolute atomic E-state index is 12.7. The van der Waals surface area contributed by atoms with E-state index in [2.05, 4.69) is 9.97 Å². The van der Waals surface area contributed by atoms with Gasteiger partial charge in [-0.15, -0.1) is 0 Å². The van der Waals surface area contributed by atoms with Crippen molar-refractivity contribution in [1.82, 2.24) is 9.97 Å². The van der Waals surface area contributed by atoms with Crippen LogP contribution < -0.4 is 0 Å². The first-order valence-corrected chi connectivity index (χ1v) is 7.07. The predicted molar refractivity (Wildman–Crippen MR) is 84.0 cm³/mol. The van der Waals surface area contributed by atoms with Crippen LogP contribution in [0.5, 0.6) is 0 Å². The quantitative estimate of drug-likeness (QED) is 0.501. The Morgan fingerprint density at radius 1 is 0.826 bits per heavy atom. The summed E-state index contributed by atoms with van der Waals surface area (Å²) in [6.07, 6.45) is -2.52. The molecule has 2 aromatic heterocycles. The van der Waals surface area contributed by atoms with Crippen LogP contribution in [-0.4, -0.2) is 9.97 Å². The molecule has 0 saturated carbocycles. The summed E-state index contributed by atoms with van der Waals surface area (Å²) in [6, 6.07) is 14.7. The number of pyridine rings is 1. The molecule has 5 heteroatoms. The third kappa shape index (κ3) is 2.25. The van der Waals surface area contributed by atoms with Crippen molar-refractivity contribution in [3.05, 3.63) is 66.4 Å². The number of aromatic nitrogens is 2. The van der Waals surface area contributed by atoms with E-state index < -0.39 is 11.7 Å². The third-order valence-electron chi connectivity index (χ3n) is 3.90. The van der Waals surface area contributed by atoms with E-state index in [1.165, 1.54) is 12.1 Å². The van der Waals surface area contributed by atoms with Crippen LogP contribution in [0.15, 0.2) is 60.8 Å². The number of alkyl halides is 3. The van der Waals surface area contributed by atoms with E-state index in [1.807, 2.05) is 36.5 Å². The van der Waals surface area contributed by atoms with Crippen LogP contribution in [0.25, 0.3) is 33.1 Å². The number of hydrogen-bond donors (Lipinski definition) is 1. The second-order valence-electron chi connectivity index (χ2n) is 5.32. The molecule has 23 heavy (non-hydrogen) atoms. The molecule has 0 fully saturated rings. The molecule has 2 nitrogen and oxygen atoms in total. The van der Waals surface area contributed by atoms with Gasteiger partial charge in [-0.3, -0.25) is 0 Å². The SMILES string of the molecule is FC(F)(F)c1ccc(-c2nc3ccccc3c3cc[nH]c23)cc1. The van der Waals surface area contributed by atoms with Crippen molar-refractivity contribution in [2.45, 2.75) is 6.18 Å². The molecule has 0 aliphatic heterocycles. The fraction of sp³-hybridized carbons (Fsp3) is 0.0556. The van der Waals surface area contributed by atoms with E-state index in [1.54, 1.807) is 0 Å². The Morgan fingerprint density at radius 2 is 1.57 bits per heavy atom. The monoisotopic (exact) mass is 312 g/mol. The number of para-hydroxylation sites is 1. The van der Waals surface area contributed by atoms with Gasteiger partial charge < -0.3 is 4.98 Å². The van der Waals surface area contributed by atoms with Gasteiger partial charge in [0.1, 0.15) is 0 Å². The van der Waals surface area contributed by atoms with Gasteiger partial charge in [-0.25, -0.2) is 4.98 Å². The molecule has 4 aromatic rings. The summed E-state index contributed by atoms with van der Waals surface area (Å²) in [7, 11) is 0. The first-order chi connectivity index (χ1) is 11.0. The van der Waals surface area contributed by atoms with Gasteiger partial charge in [0.15, 0.2) is 0 Å². The van der Waals surface area contributed by atoms with Crippen molar-refractivity contribution in [2.24, 2.45) is 0 Å². The van der Waals surface area contributed by atoms with Crippen molar-refractivity contribution in [2.75, 3.05) is 0 Å². The lowest BCUT2D eigenvalue weighted by Gasteiger charge is -2.09. The van der Waals surface area contributed by atoms with Crippen LogP contribution in [0.4, 0.5) is 13.2 Å². The Morgan fingerprint density at radius 3 is 2.30 bits per heavy atom. The molecule has 0 atom stereocenters. The molecule has 0 unspecified atom stereocenters. The van der Waals surface area contributed by atoms with Gasteiger partial charge in [0, 0.05) is 22.5 Å². The first-order valence-electron chi connectivity index (χ1n) is 7.07. The Labute approximate surface area is 129 Å². The molecule has 0 radical (unpaired) electrons. The number of H-pyrrole nitrogens is 1. The summed E-state index contributed by atoms with van der Waals surface area (Å²) in [5, 5.41) is 2.02. The summed E-state index contributed by atoms with van der Waals surface area (Å²) in [5.74, 6) is 0. The number of fused-ring (bicyclic) bond motifs is 3. The molecule has 114 valence electrons. The molecule has 0 aliphatic carbocycles. The minimum absolute atomic E-state index is 0.649. The highest BCUT2D eigenvalue weighted by Gasteiger charge is 2.30. The Kier molecular flexibility index (Phi) is 2.91. The largest absolute Gasteiger partial charge is 0.416 e. The minimum atomic E-state index is -4.34. The molecular formula is C18H11F3N2. The van der Waals surface area contributed by atoms with Crippen molar-refractivity contribution in [3.63, 3.8) is 0 Å². The minimum Gasteiger partial charge on any atom is -0.359 e. The van der Waals surface area contributed by atoms with E-state index in [0.29, 0.717) is 11.3 Å². The highest BCUT2D eigenvalue weighted by atomic mass is 19.4. The zero-order valence-electron chi connectivity index (χ0n) is 11.9. The Balaban J connectivity index is 1.95. The lowest BCUT2D eigenvalue weighted by molar-refractivity contribution is -0.137. The van der Waals surface area contributed by atoms with E-state index in [0.717, 1.165) is 33.9 Å². The van der Waals surface area contributed by atoms with Gasteiger partial charge >= 0.3 is 6.18 Å². The second-order valence-corrected chi connectivity index (χ2v) is 5.32. The number of rotatable bonds is 1. The predicted octanol–water partition coefficient (Wildman–Crippen LogP) is 5.40. The fourth-order valence-corrected chi connectivity index (χ4v) is 2.79. The highest BCUT2D eigenvalue weighted by Crippen LogP contribution is 2.34. The normalized spacial score (nSPS) is 12.1. The van der Waals surface area contributed by atoms with Gasteiger partial charge in [-0.1, -0.05) is 30.3 Å². The van der Waals surface area contributed by atoms with Crippen LogP contribution in [0, 0.1) is 0 Å². The molecule has 0 saturated heterocycles. The standard InChI is InChI=1S/C18H11F3N2/c19-18(20,21)12-7-5-11(6-8-12)16-17-14(9-10-22-17)13-3-1-2-4-15(13)23-16/h1-10,22H. The van der Waals surface area contributed by atoms with Gasteiger partial charge in [-0.05, 0) is 24.3 Å². The zero-order valence-corrected chi connectivity index (χ0v) is 11.9. The molecule has 0 spiro atoms. The summed E-state index contributed by atoms with van der Waals surface area (Å²) < 4.78 is 38.1. The van der Waals surface area contributed by atoms with Crippen molar-refractivity contribution < 1.29 is 13.2 Å². The lowest BCUT2D eigenvalue weighted by atomic mass is 10.0. The molecule has 2 heterocycles. The third-order valence-corrected chi connectivity index (χ3v) is 3.90. The molecule has 0 bridgehead atoms. The van der Waals surface area contributed by atoms with Crippen LogP contribution >= 0.6 is 0 Å². The summed E-state index contributed by atoms with van der Waals surface area (Å²) in [5.41, 5.74) is 2.27. The summed E-state index contributed by atoms with van der Waals surface area (Å²) in [4.78, 5) is 7.76. The van der Waals surface area contributed by atoms with Crippen LogP contribution in [0.3, 0.4) is 0 Å². The topological polar surface area (TPSA) is 28.7 Å². The van der Waals surface area contributed by atoms with Gasteiger partial charge in [0.2, 0.25) is 0 Å². The lowest BCUT2D eigenvalue weighted by Crippen LogP contribution is -2.04. The maximum Gasteiger partial charge on any atom is 0.416 e. The number of halogens is 3. The van der Waals surface area contributed by atoms with Crippen molar-refractivity contribution >= 4 is 21.8 Å². The average molecular weight is 312 g/mol. The van der Waals surface area contributed by atoms with Crippen LogP contribution in [0.1, 0.15) is 5.56 Å². The van der Waals surface area contributed by atoms with Gasteiger partial charge in [0.25, 0.3) is 0 Å². The van der Waals surface area contributed by atoms with Crippen LogP contribution in [0.2, 0.25) is 0 Å². The Hall–Kier alpha value is -2.82. The molecule has 4 rings (SSSR count). The van der Waals surface area contributed by atoms with Crippen molar-refractivity contribution in [1.29, 1.82) is 0 Å². The Bertz CT molecular complexity index is 998. The average Bonchev–Trinajstić information content (AvgIpc) is 3.03. The number of nitrogens with zero attached hydrogens (tertiary/aromatic N) is 1. The fourth-order valence-electron chi connectivity index (χ4n) is 2.79. The molecule has 1 N–H and O–H groups in total. The van der Waals surface area contributed by atoms with E-state index >= 15 is 0 Å². The number of benzene rings is 2. The molecule has 0 amide bonds. The zero-order chi connectivity index (χ0) is 16.0. The second kappa shape index (κ2) is 4.84. The van der Waals surface area contributed by atoms with Gasteiger partial charge in [0.05, 0.1) is 22.3 Å². The molecule has 2 aromatic carbocycles. The van der Waals surface area contributed by atoms with Crippen molar-refractivity contribution in [3.8, 4) is 11.3 Å². The van der Waals surface area contributed by atoms with E-state index in [4.69, 9.17) is 0 Å². The van der Waals surface area contributed by atoms with E-state index in [9.17, 15) is 13.2 Å². The smallest absolute Gasteiger partial charge is 0.359 e. The summed E-state index contributed by atoms with van der Waals surface area (Å²) in [6.45, 7) is 0. The van der Waals surface area contributed by atoms with E-state index in [-0.39, 0.29) is 0 Å². The molecular weight excluding hydrogens is 301 g/mol. The van der Waals surface area contributed by atoms with Gasteiger partial charge in [-0.2, -0.15) is 13.2 Å². The molecule has 0 aliphatic rings. The summed E-state index contributed by atoms with van der Waals surface area (Å²) >= 11 is 0. The maximum atomic E-state index is 12.7. The number of aromatic amines is 1. The van der Waals surface area contributed by atoms with Crippen LogP contribution in [-0.2, 0) is 6.18 Å². The highest BCUT2D eigenvalue weighted by molar-refractivity contribution is 6.09. The number of nitrogens with one attached hydrogen (secondary N) is 1. The number of hydrogen-bond acceptors (Lipinski definition) is 1. The first kappa shape index (κ1) is 13.8.